The Balaban J connectivity index is 0.00000112. The van der Waals surface area contributed by atoms with Gasteiger partial charge in [0.2, 0.25) is 5.91 Å². The molecule has 3 aliphatic rings. The molecule has 2 bridgehead atoms. The first-order chi connectivity index (χ1) is 12.8. The lowest BCUT2D eigenvalue weighted by Crippen LogP contribution is -2.50. The Morgan fingerprint density at radius 1 is 1.11 bits per heavy atom. The fourth-order valence-electron chi connectivity index (χ4n) is 4.91. The normalized spacial score (nSPS) is 26.6. The van der Waals surface area contributed by atoms with E-state index in [0.29, 0.717) is 23.9 Å². The number of piperidine rings is 1. The van der Waals surface area contributed by atoms with Crippen LogP contribution in [0, 0.1) is 5.92 Å². The lowest BCUT2D eigenvalue weighted by atomic mass is 9.89. The van der Waals surface area contributed by atoms with Crippen molar-refractivity contribution in [1.82, 2.24) is 20.2 Å². The quantitative estimate of drug-likeness (QED) is 0.789. The molecule has 2 unspecified atom stereocenters. The Morgan fingerprint density at radius 3 is 2.54 bits per heavy atom. The van der Waals surface area contributed by atoms with Gasteiger partial charge in [-0.15, -0.1) is 36.2 Å². The van der Waals surface area contributed by atoms with Crippen LogP contribution in [-0.2, 0) is 4.79 Å². The molecule has 0 spiro atoms. The summed E-state index contributed by atoms with van der Waals surface area (Å²) in [6.07, 6.45) is 7.33. The molecule has 5 heterocycles. The number of fused-ring (bicyclic) bond motifs is 3. The van der Waals surface area contributed by atoms with Crippen LogP contribution in [0.4, 0.5) is 5.82 Å². The molecule has 0 saturated carbocycles. The molecule has 1 N–H and O–H groups in total. The average molecular weight is 444 g/mol. The minimum atomic E-state index is 0. The molecule has 0 radical (unpaired) electrons. The van der Waals surface area contributed by atoms with Crippen molar-refractivity contribution in [2.24, 2.45) is 5.92 Å². The van der Waals surface area contributed by atoms with Crippen molar-refractivity contribution >= 4 is 58.1 Å². The SMILES string of the molecule is Cl.Cl.O=C(CC1CC2CCC(C1)N2)N1CCN(c2ncnc3sccc23)CC1. The maximum atomic E-state index is 12.8. The zero-order valence-corrected chi connectivity index (χ0v) is 18.2. The first kappa shape index (κ1) is 21.6. The Kier molecular flexibility index (Phi) is 7.02. The highest BCUT2D eigenvalue weighted by Crippen LogP contribution is 2.33. The van der Waals surface area contributed by atoms with E-state index < -0.39 is 0 Å². The van der Waals surface area contributed by atoms with Crippen LogP contribution in [0.5, 0.6) is 0 Å². The highest BCUT2D eigenvalue weighted by molar-refractivity contribution is 7.16. The van der Waals surface area contributed by atoms with Crippen molar-refractivity contribution in [3.63, 3.8) is 0 Å². The summed E-state index contributed by atoms with van der Waals surface area (Å²) in [6.45, 7) is 3.30. The summed E-state index contributed by atoms with van der Waals surface area (Å²) < 4.78 is 0. The predicted molar refractivity (Wildman–Crippen MR) is 118 cm³/mol. The van der Waals surface area contributed by atoms with Gasteiger partial charge in [0.15, 0.2) is 0 Å². The second kappa shape index (κ2) is 9.11. The number of thiophene rings is 1. The number of hydrogen-bond donors (Lipinski definition) is 1. The molecule has 6 nitrogen and oxygen atoms in total. The zero-order valence-electron chi connectivity index (χ0n) is 15.7. The van der Waals surface area contributed by atoms with Crippen molar-refractivity contribution in [2.75, 3.05) is 31.1 Å². The molecule has 3 aliphatic heterocycles. The smallest absolute Gasteiger partial charge is 0.222 e. The number of carbonyl (C=O) groups excluding carboxylic acids is 1. The second-order valence-electron chi connectivity index (χ2n) is 7.88. The van der Waals surface area contributed by atoms with Gasteiger partial charge < -0.3 is 15.1 Å². The van der Waals surface area contributed by atoms with Gasteiger partial charge in [0.1, 0.15) is 17.0 Å². The highest BCUT2D eigenvalue weighted by Gasteiger charge is 2.35. The van der Waals surface area contributed by atoms with Gasteiger partial charge in [-0.25, -0.2) is 9.97 Å². The van der Waals surface area contributed by atoms with Crippen molar-refractivity contribution in [3.05, 3.63) is 17.8 Å². The van der Waals surface area contributed by atoms with E-state index >= 15 is 0 Å². The summed E-state index contributed by atoms with van der Waals surface area (Å²) in [5, 5.41) is 6.86. The van der Waals surface area contributed by atoms with Crippen molar-refractivity contribution in [2.45, 2.75) is 44.2 Å². The van der Waals surface area contributed by atoms with Crippen molar-refractivity contribution < 1.29 is 4.79 Å². The van der Waals surface area contributed by atoms with Crippen molar-refractivity contribution in [1.29, 1.82) is 0 Å². The summed E-state index contributed by atoms with van der Waals surface area (Å²) in [5.41, 5.74) is 0. The molecule has 28 heavy (non-hydrogen) atoms. The summed E-state index contributed by atoms with van der Waals surface area (Å²) in [4.78, 5) is 27.0. The summed E-state index contributed by atoms with van der Waals surface area (Å²) in [7, 11) is 0. The van der Waals surface area contributed by atoms with Crippen LogP contribution in [0.25, 0.3) is 10.2 Å². The minimum Gasteiger partial charge on any atom is -0.352 e. The first-order valence-corrected chi connectivity index (χ1v) is 10.6. The number of nitrogens with zero attached hydrogens (tertiary/aromatic N) is 4. The molecule has 9 heteroatoms. The molecule has 0 aliphatic carbocycles. The Labute approximate surface area is 181 Å². The van der Waals surface area contributed by atoms with E-state index in [1.807, 2.05) is 0 Å². The van der Waals surface area contributed by atoms with Crippen LogP contribution in [0.15, 0.2) is 17.8 Å². The number of carbonyl (C=O) groups is 1. The maximum Gasteiger partial charge on any atom is 0.222 e. The number of halogens is 2. The van der Waals surface area contributed by atoms with Gasteiger partial charge in [-0.3, -0.25) is 4.79 Å². The van der Waals surface area contributed by atoms with E-state index in [4.69, 9.17) is 0 Å². The van der Waals surface area contributed by atoms with E-state index in [9.17, 15) is 4.79 Å². The predicted octanol–water partition coefficient (Wildman–Crippen LogP) is 3.10. The lowest BCUT2D eigenvalue weighted by molar-refractivity contribution is -0.132. The molecular formula is C19H27Cl2N5OS. The van der Waals surface area contributed by atoms with Crippen molar-refractivity contribution in [3.8, 4) is 0 Å². The monoisotopic (exact) mass is 443 g/mol. The van der Waals surface area contributed by atoms with Gasteiger partial charge in [0, 0.05) is 44.7 Å². The molecule has 3 fully saturated rings. The average Bonchev–Trinajstić information content (AvgIpc) is 3.27. The number of hydrogen-bond acceptors (Lipinski definition) is 6. The number of aromatic nitrogens is 2. The van der Waals surface area contributed by atoms with E-state index in [1.54, 1.807) is 17.7 Å². The van der Waals surface area contributed by atoms with E-state index in [0.717, 1.165) is 48.6 Å². The van der Waals surface area contributed by atoms with Crippen LogP contribution in [0.2, 0.25) is 0 Å². The summed E-state index contributed by atoms with van der Waals surface area (Å²) in [5.74, 6) is 1.93. The first-order valence-electron chi connectivity index (χ1n) is 9.73. The summed E-state index contributed by atoms with van der Waals surface area (Å²) in [6, 6.07) is 3.42. The standard InChI is InChI=1S/C19H25N5OS.2ClH/c25-17(11-13-9-14-1-2-15(10-13)22-14)23-4-6-24(7-5-23)18-16-3-8-26-19(16)21-12-20-18;;/h3,8,12-15,22H,1-2,4-7,9-11H2;2*1H. The third-order valence-electron chi connectivity index (χ3n) is 6.21. The molecule has 2 atom stereocenters. The second-order valence-corrected chi connectivity index (χ2v) is 8.78. The number of nitrogens with one attached hydrogen (secondary N) is 1. The number of anilines is 1. The molecule has 5 rings (SSSR count). The Morgan fingerprint density at radius 2 is 1.82 bits per heavy atom. The Hall–Kier alpha value is -1.15. The zero-order chi connectivity index (χ0) is 17.5. The molecule has 3 saturated heterocycles. The molecule has 2 aromatic rings. The van der Waals surface area contributed by atoms with Gasteiger partial charge in [-0.05, 0) is 43.0 Å². The van der Waals surface area contributed by atoms with E-state index in [2.05, 4.69) is 36.5 Å². The topological polar surface area (TPSA) is 61.4 Å². The van der Waals surface area contributed by atoms with Crippen LogP contribution >= 0.6 is 36.2 Å². The maximum absolute atomic E-state index is 12.8. The molecule has 0 aromatic carbocycles. The molecular weight excluding hydrogens is 417 g/mol. The Bertz CT molecular complexity index is 798. The largest absolute Gasteiger partial charge is 0.352 e. The van der Waals surface area contributed by atoms with Crippen LogP contribution < -0.4 is 10.2 Å². The lowest BCUT2D eigenvalue weighted by Gasteiger charge is -2.37. The van der Waals surface area contributed by atoms with E-state index in [-0.39, 0.29) is 24.8 Å². The molecule has 154 valence electrons. The fourth-order valence-corrected chi connectivity index (χ4v) is 5.64. The number of piperazine rings is 1. The highest BCUT2D eigenvalue weighted by atomic mass is 35.5. The molecule has 2 aromatic heterocycles. The number of amides is 1. The van der Waals surface area contributed by atoms with Crippen LogP contribution in [0.1, 0.15) is 32.1 Å². The minimum absolute atomic E-state index is 0. The van der Waals surface area contributed by atoms with Gasteiger partial charge in [0.05, 0.1) is 5.39 Å². The van der Waals surface area contributed by atoms with Gasteiger partial charge in [-0.2, -0.15) is 0 Å². The van der Waals surface area contributed by atoms with Gasteiger partial charge in [0.25, 0.3) is 0 Å². The van der Waals surface area contributed by atoms with Gasteiger partial charge in [-0.1, -0.05) is 0 Å². The van der Waals surface area contributed by atoms with E-state index in [1.165, 1.54) is 25.7 Å². The fraction of sp³-hybridized carbons (Fsp3) is 0.632. The van der Waals surface area contributed by atoms with Crippen LogP contribution in [0.3, 0.4) is 0 Å². The summed E-state index contributed by atoms with van der Waals surface area (Å²) >= 11 is 1.65. The number of rotatable bonds is 3. The third-order valence-corrected chi connectivity index (χ3v) is 7.03. The van der Waals surface area contributed by atoms with Crippen LogP contribution in [-0.4, -0.2) is 59.0 Å². The molecule has 1 amide bonds. The van der Waals surface area contributed by atoms with Gasteiger partial charge >= 0.3 is 0 Å². The third kappa shape index (κ3) is 4.22.